The van der Waals surface area contributed by atoms with Gasteiger partial charge in [-0.25, -0.2) is 8.42 Å². The van der Waals surface area contributed by atoms with E-state index in [2.05, 4.69) is 6.92 Å². The molecular formula is C16H27NO6S2. The summed E-state index contributed by atoms with van der Waals surface area (Å²) in [4.78, 5) is 13.0. The lowest BCUT2D eigenvalue weighted by molar-refractivity contribution is -0.128. The van der Waals surface area contributed by atoms with Gasteiger partial charge in [0.25, 0.3) is 10.1 Å². The van der Waals surface area contributed by atoms with Crippen molar-refractivity contribution in [3.8, 4) is 6.07 Å². The van der Waals surface area contributed by atoms with E-state index in [4.69, 9.17) is 4.55 Å². The van der Waals surface area contributed by atoms with Crippen LogP contribution in [0.3, 0.4) is 0 Å². The van der Waals surface area contributed by atoms with Crippen molar-refractivity contribution in [2.24, 2.45) is 23.7 Å². The summed E-state index contributed by atoms with van der Waals surface area (Å²) in [5, 5.41) is 9.49. The highest BCUT2D eigenvalue weighted by molar-refractivity contribution is 7.93. The standard InChI is InChI=1S/C16H27NO6S2/c1-11-8-12(2)14(13(3)9-11)15(18)16(4,10-17)24(19,20)6-5-7-25(21,22)23/h11-14H,5-9H2,1-4H3,(H,21,22,23). The number of carbonyl (C=O) groups excluding carboxylic acids is 1. The van der Waals surface area contributed by atoms with Crippen molar-refractivity contribution in [3.05, 3.63) is 0 Å². The van der Waals surface area contributed by atoms with Crippen LogP contribution in [0.2, 0.25) is 0 Å². The van der Waals surface area contributed by atoms with Gasteiger partial charge in [0.2, 0.25) is 4.75 Å². The second kappa shape index (κ2) is 7.72. The van der Waals surface area contributed by atoms with Crippen molar-refractivity contribution in [3.63, 3.8) is 0 Å². The second-order valence-electron chi connectivity index (χ2n) is 7.52. The Morgan fingerprint density at radius 1 is 1.12 bits per heavy atom. The lowest BCUT2D eigenvalue weighted by Crippen LogP contribution is -2.51. The van der Waals surface area contributed by atoms with Crippen LogP contribution in [0, 0.1) is 35.0 Å². The topological polar surface area (TPSA) is 129 Å². The van der Waals surface area contributed by atoms with Gasteiger partial charge in [-0.15, -0.1) is 0 Å². The minimum absolute atomic E-state index is 0.0213. The summed E-state index contributed by atoms with van der Waals surface area (Å²) in [5.74, 6) is -2.09. The molecule has 9 heteroatoms. The van der Waals surface area contributed by atoms with Crippen LogP contribution in [0.1, 0.15) is 47.0 Å². The van der Waals surface area contributed by atoms with E-state index in [9.17, 15) is 26.9 Å². The van der Waals surface area contributed by atoms with Gasteiger partial charge in [-0.2, -0.15) is 13.7 Å². The Labute approximate surface area is 150 Å². The molecule has 0 saturated heterocycles. The van der Waals surface area contributed by atoms with E-state index >= 15 is 0 Å². The first-order chi connectivity index (χ1) is 11.2. The van der Waals surface area contributed by atoms with Gasteiger partial charge in [0.1, 0.15) is 0 Å². The molecule has 0 spiro atoms. The van der Waals surface area contributed by atoms with Gasteiger partial charge < -0.3 is 0 Å². The fourth-order valence-electron chi connectivity index (χ4n) is 3.97. The number of hydrogen-bond acceptors (Lipinski definition) is 6. The Morgan fingerprint density at radius 2 is 1.60 bits per heavy atom. The maximum Gasteiger partial charge on any atom is 0.264 e. The van der Waals surface area contributed by atoms with Crippen LogP contribution < -0.4 is 0 Å². The first-order valence-corrected chi connectivity index (χ1v) is 11.6. The highest BCUT2D eigenvalue weighted by Gasteiger charge is 2.52. The fraction of sp³-hybridized carbons (Fsp3) is 0.875. The molecule has 25 heavy (non-hydrogen) atoms. The van der Waals surface area contributed by atoms with Gasteiger partial charge >= 0.3 is 0 Å². The fourth-order valence-corrected chi connectivity index (χ4v) is 6.17. The monoisotopic (exact) mass is 393 g/mol. The molecule has 144 valence electrons. The Kier molecular flexibility index (Phi) is 6.81. The molecule has 0 bridgehead atoms. The van der Waals surface area contributed by atoms with Gasteiger partial charge in [0, 0.05) is 5.92 Å². The number of Topliss-reactive ketones (excluding diaryl/α,β-unsaturated/α-hetero) is 1. The summed E-state index contributed by atoms with van der Waals surface area (Å²) in [6.45, 7) is 6.99. The summed E-state index contributed by atoms with van der Waals surface area (Å²) >= 11 is 0. The van der Waals surface area contributed by atoms with E-state index in [1.165, 1.54) is 0 Å². The summed E-state index contributed by atoms with van der Waals surface area (Å²) in [7, 11) is -8.49. The first kappa shape index (κ1) is 22.1. The molecule has 7 nitrogen and oxygen atoms in total. The molecule has 1 N–H and O–H groups in total. The first-order valence-electron chi connectivity index (χ1n) is 8.38. The third-order valence-electron chi connectivity index (χ3n) is 5.20. The molecule has 0 aromatic heterocycles. The van der Waals surface area contributed by atoms with Crippen LogP contribution in [0.15, 0.2) is 0 Å². The van der Waals surface area contributed by atoms with Crippen LogP contribution in [0.4, 0.5) is 0 Å². The molecule has 0 amide bonds. The van der Waals surface area contributed by atoms with Crippen LogP contribution in [-0.2, 0) is 24.7 Å². The molecule has 0 aromatic rings. The van der Waals surface area contributed by atoms with E-state index in [1.807, 2.05) is 13.8 Å². The smallest absolute Gasteiger partial charge is 0.264 e. The Balaban J connectivity index is 3.08. The molecule has 1 fully saturated rings. The summed E-state index contributed by atoms with van der Waals surface area (Å²) in [6, 6.07) is 1.67. The van der Waals surface area contributed by atoms with Gasteiger partial charge in [-0.1, -0.05) is 20.8 Å². The molecule has 0 heterocycles. The number of ketones is 1. The zero-order chi connectivity index (χ0) is 19.6. The second-order valence-corrected chi connectivity index (χ2v) is 11.6. The van der Waals surface area contributed by atoms with Crippen LogP contribution >= 0.6 is 0 Å². The van der Waals surface area contributed by atoms with Crippen molar-refractivity contribution in [1.82, 2.24) is 0 Å². The molecule has 1 aliphatic rings. The van der Waals surface area contributed by atoms with Crippen molar-refractivity contribution in [1.29, 1.82) is 5.26 Å². The summed E-state index contributed by atoms with van der Waals surface area (Å²) < 4.78 is 53.3. The predicted octanol–water partition coefficient (Wildman–Crippen LogP) is 1.85. The third-order valence-corrected chi connectivity index (χ3v) is 8.37. The number of sulfone groups is 1. The predicted molar refractivity (Wildman–Crippen MR) is 94.1 cm³/mol. The molecule has 3 atom stereocenters. The maximum absolute atomic E-state index is 13.0. The lowest BCUT2D eigenvalue weighted by Gasteiger charge is -2.39. The molecule has 0 aromatic carbocycles. The molecule has 1 aliphatic carbocycles. The van der Waals surface area contributed by atoms with E-state index in [0.717, 1.165) is 19.8 Å². The maximum atomic E-state index is 13.0. The SMILES string of the molecule is CC1CC(C)C(C(=O)C(C)(C#N)S(=O)(=O)CCCS(=O)(=O)O)C(C)C1. The third kappa shape index (κ3) is 5.02. The summed E-state index contributed by atoms with van der Waals surface area (Å²) in [5.41, 5.74) is 0. The van der Waals surface area contributed by atoms with E-state index < -0.39 is 47.9 Å². The quantitative estimate of drug-likeness (QED) is 0.653. The van der Waals surface area contributed by atoms with Gasteiger partial charge in [-0.3, -0.25) is 9.35 Å². The van der Waals surface area contributed by atoms with Crippen molar-refractivity contribution in [2.45, 2.75) is 51.7 Å². The zero-order valence-corrected chi connectivity index (χ0v) is 16.7. The van der Waals surface area contributed by atoms with Gasteiger partial charge in [0.15, 0.2) is 15.6 Å². The van der Waals surface area contributed by atoms with E-state index in [1.54, 1.807) is 6.07 Å². The zero-order valence-electron chi connectivity index (χ0n) is 15.1. The molecule has 3 unspecified atom stereocenters. The Bertz CT molecular complexity index is 740. The highest BCUT2D eigenvalue weighted by Crippen LogP contribution is 2.41. The van der Waals surface area contributed by atoms with Gasteiger partial charge in [0.05, 0.1) is 17.6 Å². The molecule has 0 radical (unpaired) electrons. The molecular weight excluding hydrogens is 366 g/mol. The number of nitriles is 1. The Hall–Kier alpha value is -0.980. The molecule has 1 saturated carbocycles. The average molecular weight is 394 g/mol. The van der Waals surface area contributed by atoms with Crippen molar-refractivity contribution in [2.75, 3.05) is 11.5 Å². The number of hydrogen-bond donors (Lipinski definition) is 1. The molecule has 0 aliphatic heterocycles. The van der Waals surface area contributed by atoms with Crippen LogP contribution in [-0.4, -0.2) is 43.4 Å². The average Bonchev–Trinajstić information content (AvgIpc) is 2.43. The van der Waals surface area contributed by atoms with E-state index in [-0.39, 0.29) is 18.3 Å². The van der Waals surface area contributed by atoms with E-state index in [0.29, 0.717) is 5.92 Å². The summed E-state index contributed by atoms with van der Waals surface area (Å²) in [6.07, 6.45) is 1.23. The van der Waals surface area contributed by atoms with Gasteiger partial charge in [-0.05, 0) is 43.9 Å². The molecule has 1 rings (SSSR count). The minimum atomic E-state index is -4.30. The highest BCUT2D eigenvalue weighted by atomic mass is 32.2. The lowest BCUT2D eigenvalue weighted by atomic mass is 9.66. The Morgan fingerprint density at radius 3 is 2.00 bits per heavy atom. The number of carbonyl (C=O) groups is 1. The van der Waals surface area contributed by atoms with Crippen molar-refractivity contribution >= 4 is 25.7 Å². The number of rotatable bonds is 7. The largest absolute Gasteiger partial charge is 0.296 e. The number of nitrogens with zero attached hydrogens (tertiary/aromatic N) is 1. The van der Waals surface area contributed by atoms with Crippen molar-refractivity contribution < 1.29 is 26.2 Å². The van der Waals surface area contributed by atoms with Crippen LogP contribution in [0.5, 0.6) is 0 Å². The normalized spacial score (nSPS) is 30.2. The minimum Gasteiger partial charge on any atom is -0.296 e. The van der Waals surface area contributed by atoms with Crippen LogP contribution in [0.25, 0.3) is 0 Å².